The van der Waals surface area contributed by atoms with Gasteiger partial charge in [0.05, 0.1) is 30.6 Å². The molecule has 2 saturated carbocycles. The first-order valence-corrected chi connectivity index (χ1v) is 9.07. The van der Waals surface area contributed by atoms with Crippen LogP contribution in [0.15, 0.2) is 18.2 Å². The topological polar surface area (TPSA) is 111 Å². The van der Waals surface area contributed by atoms with E-state index in [0.717, 1.165) is 18.4 Å². The number of hydrogen-bond donors (Lipinski definition) is 1. The average Bonchev–Trinajstić information content (AvgIpc) is 3.14. The highest BCUT2D eigenvalue weighted by molar-refractivity contribution is 5.70. The third kappa shape index (κ3) is 3.94. The van der Waals surface area contributed by atoms with Crippen LogP contribution in [-0.2, 0) is 10.2 Å². The number of nitrogens with zero attached hydrogens (tertiary/aromatic N) is 1. The van der Waals surface area contributed by atoms with Crippen molar-refractivity contribution in [2.45, 2.75) is 62.9 Å². The van der Waals surface area contributed by atoms with Gasteiger partial charge in [0.2, 0.25) is 0 Å². The van der Waals surface area contributed by atoms with Gasteiger partial charge in [-0.25, -0.2) is 0 Å². The molecule has 3 N–H and O–H groups in total. The van der Waals surface area contributed by atoms with Crippen molar-refractivity contribution in [3.8, 4) is 17.6 Å². The first-order chi connectivity index (χ1) is 12.1. The summed E-state index contributed by atoms with van der Waals surface area (Å²) in [5, 5.41) is 19.1. The molecule has 0 bridgehead atoms. The molecule has 2 aliphatic rings. The zero-order chi connectivity index (χ0) is 17.9. The number of hydrogen-bond acceptors (Lipinski definition) is 4. The Morgan fingerprint density at radius 1 is 1.19 bits per heavy atom. The zero-order valence-electron chi connectivity index (χ0n) is 15.2. The Kier molecular flexibility index (Phi) is 6.49. The molecule has 0 heterocycles. The van der Waals surface area contributed by atoms with E-state index >= 15 is 0 Å². The van der Waals surface area contributed by atoms with Gasteiger partial charge in [-0.3, -0.25) is 4.79 Å². The number of carboxylic acid groups (broad SMARTS) is 1. The van der Waals surface area contributed by atoms with Gasteiger partial charge in [0.25, 0.3) is 0 Å². The molecule has 0 radical (unpaired) electrons. The van der Waals surface area contributed by atoms with Gasteiger partial charge >= 0.3 is 5.97 Å². The third-order valence-corrected chi connectivity index (χ3v) is 5.71. The number of aliphatic carboxylic acids is 1. The van der Waals surface area contributed by atoms with Crippen LogP contribution in [-0.4, -0.2) is 29.8 Å². The van der Waals surface area contributed by atoms with Crippen molar-refractivity contribution < 1.29 is 24.9 Å². The van der Waals surface area contributed by atoms with Crippen molar-refractivity contribution >= 4 is 5.97 Å². The summed E-state index contributed by atoms with van der Waals surface area (Å²) in [7, 11) is 1.62. The quantitative estimate of drug-likeness (QED) is 0.865. The summed E-state index contributed by atoms with van der Waals surface area (Å²) in [5.74, 6) is 0.283. The van der Waals surface area contributed by atoms with Crippen LogP contribution >= 0.6 is 0 Å². The summed E-state index contributed by atoms with van der Waals surface area (Å²) in [5.41, 5.74) is 0.277. The summed E-state index contributed by atoms with van der Waals surface area (Å²) in [4.78, 5) is 11.2. The van der Waals surface area contributed by atoms with E-state index in [1.54, 1.807) is 7.11 Å². The molecule has 1 aromatic carbocycles. The maximum atomic E-state index is 11.2. The molecule has 0 atom stereocenters. The summed E-state index contributed by atoms with van der Waals surface area (Å²) >= 11 is 0. The molecular formula is C20H27NO5. The van der Waals surface area contributed by atoms with E-state index < -0.39 is 11.4 Å². The van der Waals surface area contributed by atoms with Crippen molar-refractivity contribution in [1.29, 1.82) is 5.26 Å². The second-order valence-corrected chi connectivity index (χ2v) is 7.20. The molecule has 6 nitrogen and oxygen atoms in total. The molecule has 142 valence electrons. The molecule has 2 fully saturated rings. The minimum atomic E-state index is -0.758. The number of ether oxygens (including phenoxy) is 2. The molecule has 0 aliphatic heterocycles. The molecule has 2 aliphatic carbocycles. The van der Waals surface area contributed by atoms with Crippen molar-refractivity contribution in [2.24, 2.45) is 5.92 Å². The van der Waals surface area contributed by atoms with Crippen LogP contribution in [0.2, 0.25) is 0 Å². The van der Waals surface area contributed by atoms with Gasteiger partial charge < -0.3 is 20.1 Å². The van der Waals surface area contributed by atoms with Crippen LogP contribution in [0.4, 0.5) is 0 Å². The van der Waals surface area contributed by atoms with Crippen LogP contribution in [0.3, 0.4) is 0 Å². The van der Waals surface area contributed by atoms with Gasteiger partial charge in [-0.15, -0.1) is 0 Å². The standard InChI is InChI=1S/C20H25NO4.H2O/c1-24-17-7-6-15(12-18(17)25-16-4-2-3-5-16)20(13-21)10-8-14(9-11-20)19(22)23;/h6-7,12,14,16H,2-5,8-11H2,1H3,(H,22,23);1H2. The smallest absolute Gasteiger partial charge is 0.306 e. The van der Waals surface area contributed by atoms with Crippen LogP contribution in [0.1, 0.15) is 56.9 Å². The van der Waals surface area contributed by atoms with Crippen LogP contribution < -0.4 is 9.47 Å². The fourth-order valence-corrected chi connectivity index (χ4v) is 4.07. The summed E-state index contributed by atoms with van der Waals surface area (Å²) in [6, 6.07) is 8.18. The van der Waals surface area contributed by atoms with Crippen LogP contribution in [0.5, 0.6) is 11.5 Å². The molecule has 0 spiro atoms. The minimum absolute atomic E-state index is 0. The molecule has 3 rings (SSSR count). The molecule has 6 heteroatoms. The lowest BCUT2D eigenvalue weighted by atomic mass is 9.67. The van der Waals surface area contributed by atoms with Gasteiger partial charge in [-0.1, -0.05) is 6.07 Å². The fraction of sp³-hybridized carbons (Fsp3) is 0.600. The van der Waals surface area contributed by atoms with Crippen molar-refractivity contribution in [3.63, 3.8) is 0 Å². The number of methoxy groups -OCH3 is 1. The summed E-state index contributed by atoms with van der Waals surface area (Å²) in [6.07, 6.45) is 6.89. The van der Waals surface area contributed by atoms with Gasteiger partial charge in [0.15, 0.2) is 11.5 Å². The van der Waals surface area contributed by atoms with Crippen molar-refractivity contribution in [1.82, 2.24) is 0 Å². The summed E-state index contributed by atoms with van der Waals surface area (Å²) < 4.78 is 11.6. The Morgan fingerprint density at radius 2 is 1.85 bits per heavy atom. The number of nitriles is 1. The van der Waals surface area contributed by atoms with Crippen LogP contribution in [0.25, 0.3) is 0 Å². The van der Waals surface area contributed by atoms with E-state index in [0.29, 0.717) is 37.2 Å². The van der Waals surface area contributed by atoms with E-state index in [9.17, 15) is 15.2 Å². The Morgan fingerprint density at radius 3 is 2.38 bits per heavy atom. The molecule has 1 aromatic rings. The lowest BCUT2D eigenvalue weighted by Crippen LogP contribution is -2.33. The molecular weight excluding hydrogens is 334 g/mol. The van der Waals surface area contributed by atoms with E-state index in [1.165, 1.54) is 12.8 Å². The Labute approximate surface area is 154 Å². The lowest BCUT2D eigenvalue weighted by molar-refractivity contribution is -0.143. The number of benzene rings is 1. The lowest BCUT2D eigenvalue weighted by Gasteiger charge is -2.34. The second kappa shape index (κ2) is 8.41. The SMILES string of the molecule is COc1ccc(C2(C#N)CCC(C(=O)O)CC2)cc1OC1CCCC1.O. The fourth-order valence-electron chi connectivity index (χ4n) is 4.07. The Balaban J connectivity index is 0.00000243. The minimum Gasteiger partial charge on any atom is -0.493 e. The van der Waals surface area contributed by atoms with Gasteiger partial charge in [-0.2, -0.15) is 5.26 Å². The van der Waals surface area contributed by atoms with Crippen molar-refractivity contribution in [2.75, 3.05) is 7.11 Å². The van der Waals surface area contributed by atoms with E-state index in [4.69, 9.17) is 9.47 Å². The maximum absolute atomic E-state index is 11.2. The number of rotatable bonds is 5. The number of carboxylic acids is 1. The normalized spacial score (nSPS) is 25.8. The van der Waals surface area contributed by atoms with E-state index in [2.05, 4.69) is 6.07 Å². The highest BCUT2D eigenvalue weighted by Gasteiger charge is 2.39. The van der Waals surface area contributed by atoms with E-state index in [-0.39, 0.29) is 17.5 Å². The third-order valence-electron chi connectivity index (χ3n) is 5.71. The molecule has 26 heavy (non-hydrogen) atoms. The maximum Gasteiger partial charge on any atom is 0.306 e. The Bertz CT molecular complexity index is 667. The Hall–Kier alpha value is -2.26. The van der Waals surface area contributed by atoms with Crippen molar-refractivity contribution in [3.05, 3.63) is 23.8 Å². The first kappa shape index (κ1) is 20.1. The average molecular weight is 361 g/mol. The predicted octanol–water partition coefficient (Wildman–Crippen LogP) is 3.23. The molecule has 0 amide bonds. The predicted molar refractivity (Wildman–Crippen MR) is 96.4 cm³/mol. The largest absolute Gasteiger partial charge is 0.493 e. The number of carbonyl (C=O) groups is 1. The highest BCUT2D eigenvalue weighted by atomic mass is 16.5. The monoisotopic (exact) mass is 361 g/mol. The molecule has 0 aromatic heterocycles. The molecule has 0 unspecified atom stereocenters. The van der Waals surface area contributed by atoms with E-state index in [1.807, 2.05) is 18.2 Å². The molecule has 0 saturated heterocycles. The van der Waals surface area contributed by atoms with Gasteiger partial charge in [0, 0.05) is 0 Å². The van der Waals surface area contributed by atoms with Gasteiger partial charge in [-0.05, 0) is 69.1 Å². The summed E-state index contributed by atoms with van der Waals surface area (Å²) in [6.45, 7) is 0. The highest BCUT2D eigenvalue weighted by Crippen LogP contribution is 2.44. The first-order valence-electron chi connectivity index (χ1n) is 9.07. The van der Waals surface area contributed by atoms with Gasteiger partial charge in [0.1, 0.15) is 0 Å². The zero-order valence-corrected chi connectivity index (χ0v) is 15.2. The van der Waals surface area contributed by atoms with Crippen LogP contribution in [0, 0.1) is 17.2 Å². The second-order valence-electron chi connectivity index (χ2n) is 7.20.